The van der Waals surface area contributed by atoms with E-state index < -0.39 is 10.0 Å². The van der Waals surface area contributed by atoms with Gasteiger partial charge in [-0.05, 0) is 49.7 Å². The van der Waals surface area contributed by atoms with Gasteiger partial charge in [0.25, 0.3) is 5.91 Å². The number of carbonyl (C=O) groups excluding carboxylic acids is 1. The lowest BCUT2D eigenvalue weighted by atomic mass is 10.0. The zero-order chi connectivity index (χ0) is 21.0. The van der Waals surface area contributed by atoms with Crippen LogP contribution in [-0.2, 0) is 10.0 Å². The van der Waals surface area contributed by atoms with Crippen molar-refractivity contribution in [3.63, 3.8) is 0 Å². The predicted octanol–water partition coefficient (Wildman–Crippen LogP) is 4.63. The topological polar surface area (TPSA) is 66.5 Å². The fraction of sp³-hybridized carbons (Fsp3) is 0.174. The van der Waals surface area contributed by atoms with Crippen molar-refractivity contribution in [2.75, 3.05) is 12.4 Å². The summed E-state index contributed by atoms with van der Waals surface area (Å²) in [7, 11) is -2.04. The van der Waals surface area contributed by atoms with E-state index in [1.165, 1.54) is 28.6 Å². The van der Waals surface area contributed by atoms with Gasteiger partial charge in [-0.25, -0.2) is 8.42 Å². The van der Waals surface area contributed by atoms with Gasteiger partial charge >= 0.3 is 0 Å². The van der Waals surface area contributed by atoms with Gasteiger partial charge in [0.1, 0.15) is 0 Å². The molecular weight excluding hydrogens is 384 g/mol. The summed E-state index contributed by atoms with van der Waals surface area (Å²) in [4.78, 5) is 12.9. The summed E-state index contributed by atoms with van der Waals surface area (Å²) in [6, 6.07) is 23.2. The van der Waals surface area contributed by atoms with Crippen LogP contribution in [-0.4, -0.2) is 31.7 Å². The molecule has 0 aliphatic heterocycles. The maximum atomic E-state index is 12.7. The molecule has 0 heterocycles. The fourth-order valence-electron chi connectivity index (χ4n) is 2.88. The van der Waals surface area contributed by atoms with Crippen LogP contribution >= 0.6 is 0 Å². The van der Waals surface area contributed by atoms with E-state index in [-0.39, 0.29) is 16.8 Å². The van der Waals surface area contributed by atoms with Crippen LogP contribution in [0.25, 0.3) is 11.1 Å². The van der Waals surface area contributed by atoms with Gasteiger partial charge < -0.3 is 5.32 Å². The van der Waals surface area contributed by atoms with Crippen LogP contribution in [0.4, 0.5) is 5.69 Å². The Labute approximate surface area is 172 Å². The second kappa shape index (κ2) is 8.59. The molecule has 0 bridgehead atoms. The Morgan fingerprint density at radius 2 is 1.45 bits per heavy atom. The minimum atomic E-state index is -3.58. The quantitative estimate of drug-likeness (QED) is 0.646. The van der Waals surface area contributed by atoms with E-state index in [9.17, 15) is 13.2 Å². The van der Waals surface area contributed by atoms with Crippen molar-refractivity contribution >= 4 is 21.6 Å². The van der Waals surface area contributed by atoms with Crippen LogP contribution in [0.1, 0.15) is 24.2 Å². The molecule has 0 saturated heterocycles. The van der Waals surface area contributed by atoms with Gasteiger partial charge in [-0.1, -0.05) is 48.5 Å². The van der Waals surface area contributed by atoms with Crippen LogP contribution in [0.5, 0.6) is 0 Å². The highest BCUT2D eigenvalue weighted by molar-refractivity contribution is 7.89. The first-order valence-electron chi connectivity index (χ1n) is 9.34. The number of anilines is 1. The third-order valence-electron chi connectivity index (χ3n) is 4.78. The average molecular weight is 409 g/mol. The Morgan fingerprint density at radius 3 is 2.07 bits per heavy atom. The molecule has 0 aliphatic carbocycles. The number of sulfonamides is 1. The monoisotopic (exact) mass is 408 g/mol. The third kappa shape index (κ3) is 4.55. The van der Waals surface area contributed by atoms with Gasteiger partial charge in [0.05, 0.1) is 4.90 Å². The first-order chi connectivity index (χ1) is 13.8. The van der Waals surface area contributed by atoms with Crippen molar-refractivity contribution in [1.82, 2.24) is 4.31 Å². The van der Waals surface area contributed by atoms with Crippen LogP contribution < -0.4 is 5.32 Å². The number of hydrogen-bond donors (Lipinski definition) is 1. The molecule has 6 heteroatoms. The Morgan fingerprint density at radius 1 is 0.862 bits per heavy atom. The zero-order valence-corrected chi connectivity index (χ0v) is 17.5. The smallest absolute Gasteiger partial charge is 0.255 e. The van der Waals surface area contributed by atoms with Crippen molar-refractivity contribution in [3.8, 4) is 11.1 Å². The highest BCUT2D eigenvalue weighted by Crippen LogP contribution is 2.28. The molecule has 1 amide bonds. The Bertz CT molecular complexity index is 1090. The minimum Gasteiger partial charge on any atom is -0.321 e. The average Bonchev–Trinajstić information content (AvgIpc) is 2.74. The maximum Gasteiger partial charge on any atom is 0.255 e. The standard InChI is InChI=1S/C23H24N2O3S/c1-17(2)25(3)29(27,28)20-15-13-19(14-16-20)23(26)24-22-12-8-7-11-21(22)18-9-5-4-6-10-18/h4-17H,1-3H3,(H,24,26). The number of para-hydroxylation sites is 1. The van der Waals surface area contributed by atoms with E-state index in [2.05, 4.69) is 5.32 Å². The molecule has 0 aliphatic rings. The molecule has 5 nitrogen and oxygen atoms in total. The number of hydrogen-bond acceptors (Lipinski definition) is 3. The number of amides is 1. The molecule has 3 rings (SSSR count). The van der Waals surface area contributed by atoms with E-state index in [1.54, 1.807) is 7.05 Å². The Kier molecular flexibility index (Phi) is 6.15. The van der Waals surface area contributed by atoms with E-state index in [1.807, 2.05) is 68.4 Å². The number of carbonyl (C=O) groups is 1. The molecule has 0 fully saturated rings. The van der Waals surface area contributed by atoms with Crippen molar-refractivity contribution < 1.29 is 13.2 Å². The lowest BCUT2D eigenvalue weighted by Crippen LogP contribution is -2.33. The molecule has 3 aromatic rings. The molecule has 0 saturated carbocycles. The second-order valence-corrected chi connectivity index (χ2v) is 9.00. The largest absolute Gasteiger partial charge is 0.321 e. The van der Waals surface area contributed by atoms with E-state index in [4.69, 9.17) is 0 Å². The minimum absolute atomic E-state index is 0.155. The normalized spacial score (nSPS) is 11.6. The molecular formula is C23H24N2O3S. The number of nitrogens with zero attached hydrogens (tertiary/aromatic N) is 1. The van der Waals surface area contributed by atoms with Gasteiger partial charge in [0.2, 0.25) is 10.0 Å². The Balaban J connectivity index is 1.83. The van der Waals surface area contributed by atoms with Crippen molar-refractivity contribution in [1.29, 1.82) is 0 Å². The SMILES string of the molecule is CC(C)N(C)S(=O)(=O)c1ccc(C(=O)Nc2ccccc2-c2ccccc2)cc1. The third-order valence-corrected chi connectivity index (χ3v) is 6.83. The maximum absolute atomic E-state index is 12.7. The summed E-state index contributed by atoms with van der Waals surface area (Å²) in [6.45, 7) is 3.62. The first kappa shape index (κ1) is 20.8. The number of benzene rings is 3. The summed E-state index contributed by atoms with van der Waals surface area (Å²) < 4.78 is 26.4. The molecule has 0 spiro atoms. The lowest BCUT2D eigenvalue weighted by molar-refractivity contribution is 0.102. The highest BCUT2D eigenvalue weighted by Gasteiger charge is 2.23. The molecule has 0 aromatic heterocycles. The highest BCUT2D eigenvalue weighted by atomic mass is 32.2. The summed E-state index contributed by atoms with van der Waals surface area (Å²) in [5, 5.41) is 2.93. The molecule has 150 valence electrons. The van der Waals surface area contributed by atoms with Gasteiger partial charge in [-0.2, -0.15) is 4.31 Å². The molecule has 0 radical (unpaired) electrons. The fourth-order valence-corrected chi connectivity index (χ4v) is 4.25. The molecule has 29 heavy (non-hydrogen) atoms. The summed E-state index contributed by atoms with van der Waals surface area (Å²) >= 11 is 0. The van der Waals surface area contributed by atoms with E-state index in [0.29, 0.717) is 11.3 Å². The summed E-state index contributed by atoms with van der Waals surface area (Å²) in [6.07, 6.45) is 0. The first-order valence-corrected chi connectivity index (χ1v) is 10.8. The second-order valence-electron chi connectivity index (χ2n) is 7.01. The Hall–Kier alpha value is -2.96. The van der Waals surface area contributed by atoms with Crippen molar-refractivity contribution in [2.45, 2.75) is 24.8 Å². The number of rotatable bonds is 6. The predicted molar refractivity (Wildman–Crippen MR) is 116 cm³/mol. The molecule has 0 unspecified atom stereocenters. The van der Waals surface area contributed by atoms with Gasteiger partial charge in [-0.15, -0.1) is 0 Å². The van der Waals surface area contributed by atoms with Crippen LogP contribution in [0.3, 0.4) is 0 Å². The molecule has 1 N–H and O–H groups in total. The van der Waals surface area contributed by atoms with Gasteiger partial charge in [-0.3, -0.25) is 4.79 Å². The van der Waals surface area contributed by atoms with E-state index >= 15 is 0 Å². The summed E-state index contributed by atoms with van der Waals surface area (Å²) in [5.41, 5.74) is 3.00. The van der Waals surface area contributed by atoms with Gasteiger partial charge in [0, 0.05) is 29.9 Å². The van der Waals surface area contributed by atoms with Crippen molar-refractivity contribution in [3.05, 3.63) is 84.4 Å². The van der Waals surface area contributed by atoms with E-state index in [0.717, 1.165) is 11.1 Å². The van der Waals surface area contributed by atoms with Gasteiger partial charge in [0.15, 0.2) is 0 Å². The summed E-state index contributed by atoms with van der Waals surface area (Å²) in [5.74, 6) is -0.297. The lowest BCUT2D eigenvalue weighted by Gasteiger charge is -2.21. The number of nitrogens with one attached hydrogen (secondary N) is 1. The van der Waals surface area contributed by atoms with Crippen LogP contribution in [0.15, 0.2) is 83.8 Å². The van der Waals surface area contributed by atoms with Crippen LogP contribution in [0.2, 0.25) is 0 Å². The van der Waals surface area contributed by atoms with Crippen molar-refractivity contribution in [2.24, 2.45) is 0 Å². The molecule has 0 atom stereocenters. The zero-order valence-electron chi connectivity index (χ0n) is 16.7. The van der Waals surface area contributed by atoms with Crippen LogP contribution in [0, 0.1) is 0 Å². The molecule has 3 aromatic carbocycles.